The quantitative estimate of drug-likeness (QED) is 0.141. The summed E-state index contributed by atoms with van der Waals surface area (Å²) in [6.07, 6.45) is -1.51. The molecule has 7 heteroatoms. The summed E-state index contributed by atoms with van der Waals surface area (Å²) in [5.41, 5.74) is 4.56. The second-order valence-corrected chi connectivity index (χ2v) is 15.1. The lowest BCUT2D eigenvalue weighted by molar-refractivity contribution is -0.597. The van der Waals surface area contributed by atoms with E-state index in [1.54, 1.807) is 0 Å². The molecule has 0 atom stereocenters. The van der Waals surface area contributed by atoms with Crippen LogP contribution >= 0.6 is 58.0 Å². The zero-order valence-electron chi connectivity index (χ0n) is 22.8. The van der Waals surface area contributed by atoms with Crippen LogP contribution in [0.1, 0.15) is 0 Å². The van der Waals surface area contributed by atoms with Crippen LogP contribution in [-0.2, 0) is 0 Å². The molecule has 6 rings (SSSR count). The Morgan fingerprint density at radius 1 is 0.302 bits per heavy atom. The number of halogens is 6. The Morgan fingerprint density at radius 3 is 0.860 bits per heavy atom. The minimum Gasteiger partial charge on any atom is -0.195 e. The highest BCUT2D eigenvalue weighted by atomic mass is 127. The van der Waals surface area contributed by atoms with Gasteiger partial charge in [-0.05, 0) is 84.9 Å². The number of benzene rings is 6. The van der Waals surface area contributed by atoms with Gasteiger partial charge in [-0.25, -0.2) is 0 Å². The SMILES string of the molecule is Clc1ccc([B-](c2ccc(Cl)cc2)(c2ccc(Cl)cc2)c2ccc(Cl)cc2)cc1.Clc1ccc([I+]c2ccccc2)cc1. The maximum absolute atomic E-state index is 6.22. The van der Waals surface area contributed by atoms with Crippen molar-refractivity contribution in [2.24, 2.45) is 0 Å². The molecule has 0 N–H and O–H groups in total. The molecule has 0 aromatic heterocycles. The predicted octanol–water partition coefficient (Wildman–Crippen LogP) is 6.15. The summed E-state index contributed by atoms with van der Waals surface area (Å²) >= 11 is 30.7. The summed E-state index contributed by atoms with van der Waals surface area (Å²) in [7, 11) is 0. The summed E-state index contributed by atoms with van der Waals surface area (Å²) < 4.78 is 2.84. The van der Waals surface area contributed by atoms with Gasteiger partial charge < -0.3 is 0 Å². The lowest BCUT2D eigenvalue weighted by atomic mass is 9.13. The van der Waals surface area contributed by atoms with Crippen LogP contribution < -0.4 is 43.1 Å². The number of rotatable bonds is 6. The Balaban J connectivity index is 0.000000220. The highest BCUT2D eigenvalue weighted by Gasteiger charge is 2.31. The Morgan fingerprint density at radius 2 is 0.558 bits per heavy atom. The first-order valence-corrected chi connectivity index (χ1v) is 17.5. The van der Waals surface area contributed by atoms with Crippen molar-refractivity contribution < 1.29 is 21.2 Å². The summed E-state index contributed by atoms with van der Waals surface area (Å²) in [6, 6.07) is 50.8. The molecule has 6 aromatic rings. The highest BCUT2D eigenvalue weighted by molar-refractivity contribution is 7.19. The molecule has 214 valence electrons. The molecular formula is C36H25BCl5I. The van der Waals surface area contributed by atoms with E-state index < -0.39 is 6.15 Å². The first-order chi connectivity index (χ1) is 20.8. The fourth-order valence-electron chi connectivity index (χ4n) is 5.26. The van der Waals surface area contributed by atoms with Crippen LogP contribution in [0.3, 0.4) is 0 Å². The monoisotopic (exact) mass is 770 g/mol. The van der Waals surface area contributed by atoms with Gasteiger partial charge in [-0.3, -0.25) is 0 Å². The molecule has 0 aliphatic carbocycles. The fraction of sp³-hybridized carbons (Fsp3) is 0. The molecule has 0 spiro atoms. The van der Waals surface area contributed by atoms with Crippen molar-refractivity contribution in [2.75, 3.05) is 0 Å². The number of hydrogen-bond donors (Lipinski definition) is 0. The molecular weight excluding hydrogens is 747 g/mol. The zero-order valence-corrected chi connectivity index (χ0v) is 28.7. The van der Waals surface area contributed by atoms with E-state index in [9.17, 15) is 0 Å². The minimum atomic E-state index is -1.51. The average Bonchev–Trinajstić information content (AvgIpc) is 3.03. The molecule has 0 saturated carbocycles. The Bertz CT molecular complexity index is 1550. The molecule has 0 nitrogen and oxygen atoms in total. The van der Waals surface area contributed by atoms with Gasteiger partial charge >= 0.3 is 21.2 Å². The maximum Gasteiger partial charge on any atom is 0.357 e. The Hall–Kier alpha value is -2.44. The van der Waals surface area contributed by atoms with Crippen molar-refractivity contribution in [1.82, 2.24) is 0 Å². The van der Waals surface area contributed by atoms with Crippen molar-refractivity contribution >= 4 is 86.0 Å². The summed E-state index contributed by atoms with van der Waals surface area (Å²) in [6.45, 7) is 0. The van der Waals surface area contributed by atoms with Gasteiger partial charge in [-0.15, -0.1) is 0 Å². The summed E-state index contributed by atoms with van der Waals surface area (Å²) in [4.78, 5) is 0. The standard InChI is InChI=1S/C24H16BCl4.C12H9ClI/c26-21-9-1-17(2-10-21)25(18-3-11-22(27)12-4-18,19-5-13-23(28)14-6-19)20-7-15-24(29)16-8-20;13-10-6-8-12(9-7-10)14-11-4-2-1-3-5-11/h1-16H;1-9H/q-1;+1. The average molecular weight is 773 g/mol. The van der Waals surface area contributed by atoms with Crippen LogP contribution in [0.2, 0.25) is 25.1 Å². The lowest BCUT2D eigenvalue weighted by Gasteiger charge is -2.44. The third-order valence-electron chi connectivity index (χ3n) is 7.23. The van der Waals surface area contributed by atoms with Crippen molar-refractivity contribution in [3.63, 3.8) is 0 Å². The van der Waals surface area contributed by atoms with E-state index in [-0.39, 0.29) is 21.2 Å². The van der Waals surface area contributed by atoms with E-state index in [0.717, 1.165) is 26.9 Å². The fourth-order valence-corrected chi connectivity index (χ4v) is 8.10. The Kier molecular flexibility index (Phi) is 11.2. The van der Waals surface area contributed by atoms with Crippen LogP contribution in [0.5, 0.6) is 0 Å². The predicted molar refractivity (Wildman–Crippen MR) is 185 cm³/mol. The van der Waals surface area contributed by atoms with E-state index in [4.69, 9.17) is 58.0 Å². The van der Waals surface area contributed by atoms with Gasteiger partial charge in [-0.1, -0.05) is 125 Å². The van der Waals surface area contributed by atoms with Crippen LogP contribution in [-0.4, -0.2) is 6.15 Å². The van der Waals surface area contributed by atoms with E-state index in [1.807, 2.05) is 60.7 Å². The molecule has 0 aliphatic rings. The molecule has 0 fully saturated rings. The molecule has 0 unspecified atom stereocenters. The van der Waals surface area contributed by atoms with E-state index in [1.165, 1.54) is 7.14 Å². The van der Waals surface area contributed by atoms with E-state index in [2.05, 4.69) is 91.0 Å². The van der Waals surface area contributed by atoms with Crippen LogP contribution in [0.25, 0.3) is 0 Å². The molecule has 43 heavy (non-hydrogen) atoms. The molecule has 0 bridgehead atoms. The summed E-state index contributed by atoms with van der Waals surface area (Å²) in [5.74, 6) is 0. The first-order valence-electron chi connectivity index (χ1n) is 13.5. The van der Waals surface area contributed by atoms with Gasteiger partial charge in [0.25, 0.3) is 0 Å². The van der Waals surface area contributed by atoms with E-state index in [0.29, 0.717) is 20.1 Å². The van der Waals surface area contributed by atoms with E-state index >= 15 is 0 Å². The Labute approximate surface area is 288 Å². The van der Waals surface area contributed by atoms with Crippen LogP contribution in [0.4, 0.5) is 0 Å². The van der Waals surface area contributed by atoms with Crippen molar-refractivity contribution in [3.8, 4) is 0 Å². The molecule has 0 saturated heterocycles. The second-order valence-electron chi connectivity index (χ2n) is 9.90. The minimum absolute atomic E-state index is 0.0427. The molecule has 6 aromatic carbocycles. The smallest absolute Gasteiger partial charge is 0.195 e. The van der Waals surface area contributed by atoms with Gasteiger partial charge in [-0.2, -0.15) is 21.9 Å². The zero-order chi connectivity index (χ0) is 30.2. The van der Waals surface area contributed by atoms with Crippen molar-refractivity contribution in [1.29, 1.82) is 0 Å². The van der Waals surface area contributed by atoms with Crippen LogP contribution in [0, 0.1) is 7.14 Å². The van der Waals surface area contributed by atoms with Gasteiger partial charge in [0.2, 0.25) is 0 Å². The van der Waals surface area contributed by atoms with Gasteiger partial charge in [0, 0.05) is 25.1 Å². The largest absolute Gasteiger partial charge is 0.357 e. The normalized spacial score (nSPS) is 11.0. The molecule has 0 aliphatic heterocycles. The van der Waals surface area contributed by atoms with Crippen molar-refractivity contribution in [3.05, 3.63) is 184 Å². The topological polar surface area (TPSA) is 0 Å². The first kappa shape index (κ1) is 32.0. The van der Waals surface area contributed by atoms with Crippen molar-refractivity contribution in [2.45, 2.75) is 0 Å². The van der Waals surface area contributed by atoms with Gasteiger partial charge in [0.05, 0.1) is 0 Å². The number of hydrogen-bond acceptors (Lipinski definition) is 0. The molecule has 0 heterocycles. The summed E-state index contributed by atoms with van der Waals surface area (Å²) in [5, 5.41) is 3.60. The van der Waals surface area contributed by atoms with Gasteiger partial charge in [0.1, 0.15) is 6.15 Å². The highest BCUT2D eigenvalue weighted by Crippen LogP contribution is 2.16. The maximum atomic E-state index is 6.22. The molecule has 0 radical (unpaired) electrons. The molecule has 0 amide bonds. The lowest BCUT2D eigenvalue weighted by Crippen LogP contribution is -3.61. The second kappa shape index (κ2) is 15.0. The third-order valence-corrected chi connectivity index (χ3v) is 11.2. The van der Waals surface area contributed by atoms with Crippen LogP contribution in [0.15, 0.2) is 152 Å². The van der Waals surface area contributed by atoms with Gasteiger partial charge in [0.15, 0.2) is 7.14 Å². The third kappa shape index (κ3) is 8.00.